The van der Waals surface area contributed by atoms with Crippen molar-refractivity contribution >= 4 is 17.8 Å². The smallest absolute Gasteiger partial charge is 0.329 e. The topological polar surface area (TPSA) is 136 Å². The predicted molar refractivity (Wildman–Crippen MR) is 129 cm³/mol. The van der Waals surface area contributed by atoms with Gasteiger partial charge < -0.3 is 30.3 Å². The molecule has 1 saturated heterocycles. The molecule has 3 rings (SSSR count). The number of nitrogens with zero attached hydrogens (tertiary/aromatic N) is 1. The van der Waals surface area contributed by atoms with E-state index >= 15 is 0 Å². The Morgan fingerprint density at radius 2 is 1.89 bits per heavy atom. The lowest BCUT2D eigenvalue weighted by Gasteiger charge is -2.41. The van der Waals surface area contributed by atoms with Crippen molar-refractivity contribution in [3.63, 3.8) is 0 Å². The van der Waals surface area contributed by atoms with Gasteiger partial charge in [-0.15, -0.1) is 0 Å². The number of hydrogen-bond acceptors (Lipinski definition) is 7. The van der Waals surface area contributed by atoms with Crippen molar-refractivity contribution in [2.45, 2.75) is 84.0 Å². The molecule has 35 heavy (non-hydrogen) atoms. The molecule has 0 aromatic heterocycles. The Bertz CT molecular complexity index is 963. The molecule has 9 heteroatoms. The molecule has 2 unspecified atom stereocenters. The van der Waals surface area contributed by atoms with Crippen molar-refractivity contribution in [3.8, 4) is 11.5 Å². The van der Waals surface area contributed by atoms with Crippen LogP contribution in [0.2, 0.25) is 0 Å². The first-order valence-corrected chi connectivity index (χ1v) is 12.4. The standard InChI is InChI=1S/C26H38N2O7/c1-5-17-10-11-26(4,25(17,2)3)35-24(34)18-7-6-12-28(18)22(32)15-27-23(33)21(31)14-16-8-9-19(29)20(30)13-16/h8-9,13,17-18,21,29-31H,5-7,10-12,14-15H2,1-4H3,(H,27,33)/t17?,18-,21+,26?/m0/s1. The fourth-order valence-electron chi connectivity index (χ4n) is 5.46. The van der Waals surface area contributed by atoms with Crippen molar-refractivity contribution in [1.82, 2.24) is 10.2 Å². The second-order valence-electron chi connectivity index (χ2n) is 10.5. The van der Waals surface area contributed by atoms with Crippen LogP contribution in [0.15, 0.2) is 18.2 Å². The van der Waals surface area contributed by atoms with Crippen LogP contribution in [0.5, 0.6) is 11.5 Å². The van der Waals surface area contributed by atoms with Gasteiger partial charge in [-0.25, -0.2) is 4.79 Å². The molecule has 0 spiro atoms. The highest BCUT2D eigenvalue weighted by Gasteiger charge is 2.54. The predicted octanol–water partition coefficient (Wildman–Crippen LogP) is 2.26. The van der Waals surface area contributed by atoms with Crippen molar-refractivity contribution in [1.29, 1.82) is 0 Å². The molecule has 4 atom stereocenters. The minimum atomic E-state index is -1.44. The van der Waals surface area contributed by atoms with Gasteiger partial charge in [-0.05, 0) is 56.2 Å². The summed E-state index contributed by atoms with van der Waals surface area (Å²) in [5.74, 6) is -1.73. The van der Waals surface area contributed by atoms with Crippen LogP contribution in [-0.4, -0.2) is 68.8 Å². The SMILES string of the molecule is CCC1CCC(C)(OC(=O)[C@@H]2CCCN2C(=O)CNC(=O)[C@H](O)Cc2ccc(O)c(O)c2)C1(C)C. The maximum atomic E-state index is 13.1. The van der Waals surface area contributed by atoms with E-state index in [0.29, 0.717) is 30.9 Å². The van der Waals surface area contributed by atoms with Crippen LogP contribution >= 0.6 is 0 Å². The van der Waals surface area contributed by atoms with E-state index in [1.54, 1.807) is 0 Å². The molecule has 1 aliphatic carbocycles. The molecule has 194 valence electrons. The van der Waals surface area contributed by atoms with Gasteiger partial charge in [0.05, 0.1) is 6.54 Å². The first-order valence-electron chi connectivity index (χ1n) is 12.4. The summed E-state index contributed by atoms with van der Waals surface area (Å²) < 4.78 is 6.06. The van der Waals surface area contributed by atoms with Gasteiger partial charge in [0.1, 0.15) is 17.7 Å². The molecule has 1 heterocycles. The Labute approximate surface area is 206 Å². The summed E-state index contributed by atoms with van der Waals surface area (Å²) in [5.41, 5.74) is -0.308. The Morgan fingerprint density at radius 3 is 2.51 bits per heavy atom. The van der Waals surface area contributed by atoms with Gasteiger partial charge in [-0.3, -0.25) is 9.59 Å². The molecule has 1 aliphatic heterocycles. The van der Waals surface area contributed by atoms with E-state index < -0.39 is 35.5 Å². The van der Waals surface area contributed by atoms with Crippen LogP contribution in [0.4, 0.5) is 0 Å². The Hall–Kier alpha value is -2.81. The number of amides is 2. The Balaban J connectivity index is 1.54. The fraction of sp³-hybridized carbons (Fsp3) is 0.654. The number of phenolic OH excluding ortho intramolecular Hbond substituents is 2. The van der Waals surface area contributed by atoms with Crippen LogP contribution in [-0.2, 0) is 25.5 Å². The van der Waals surface area contributed by atoms with Crippen LogP contribution in [0, 0.1) is 11.3 Å². The number of aliphatic hydroxyl groups is 1. The summed E-state index contributed by atoms with van der Waals surface area (Å²) >= 11 is 0. The third kappa shape index (κ3) is 5.55. The summed E-state index contributed by atoms with van der Waals surface area (Å²) in [7, 11) is 0. The second kappa shape index (κ2) is 10.4. The number of rotatable bonds is 8. The van der Waals surface area contributed by atoms with Crippen molar-refractivity contribution in [2.75, 3.05) is 13.1 Å². The lowest BCUT2D eigenvalue weighted by molar-refractivity contribution is -0.176. The van der Waals surface area contributed by atoms with Crippen LogP contribution in [0.3, 0.4) is 0 Å². The molecular formula is C26H38N2O7. The number of carbonyl (C=O) groups excluding carboxylic acids is 3. The molecule has 1 saturated carbocycles. The lowest BCUT2D eigenvalue weighted by atomic mass is 9.72. The average Bonchev–Trinajstić information content (AvgIpc) is 3.37. The van der Waals surface area contributed by atoms with E-state index in [0.717, 1.165) is 19.3 Å². The number of benzene rings is 1. The van der Waals surface area contributed by atoms with Gasteiger partial charge in [0.25, 0.3) is 0 Å². The molecule has 1 aromatic rings. The summed E-state index contributed by atoms with van der Waals surface area (Å²) in [6, 6.07) is 3.32. The second-order valence-corrected chi connectivity index (χ2v) is 10.5. The maximum absolute atomic E-state index is 13.1. The number of hydrogen-bond donors (Lipinski definition) is 4. The summed E-state index contributed by atoms with van der Waals surface area (Å²) in [5, 5.41) is 31.5. The van der Waals surface area contributed by atoms with Crippen molar-refractivity contribution in [3.05, 3.63) is 23.8 Å². The molecule has 9 nitrogen and oxygen atoms in total. The minimum absolute atomic E-state index is 0.0976. The molecule has 0 radical (unpaired) electrons. The number of aromatic hydroxyl groups is 2. The zero-order valence-electron chi connectivity index (χ0n) is 21.0. The van der Waals surface area contributed by atoms with E-state index in [2.05, 4.69) is 26.1 Å². The van der Waals surface area contributed by atoms with Gasteiger partial charge in [-0.1, -0.05) is 33.3 Å². The number of phenols is 2. The molecular weight excluding hydrogens is 452 g/mol. The summed E-state index contributed by atoms with van der Waals surface area (Å²) in [4.78, 5) is 39.7. The number of carbonyl (C=O) groups is 3. The fourth-order valence-corrected chi connectivity index (χ4v) is 5.46. The lowest BCUT2D eigenvalue weighted by Crippen LogP contribution is -2.51. The summed E-state index contributed by atoms with van der Waals surface area (Å²) in [6.45, 7) is 8.47. The largest absolute Gasteiger partial charge is 0.504 e. The van der Waals surface area contributed by atoms with E-state index in [1.807, 2.05) is 6.92 Å². The van der Waals surface area contributed by atoms with Gasteiger partial charge in [0, 0.05) is 18.4 Å². The highest BCUT2D eigenvalue weighted by Crippen LogP contribution is 2.53. The highest BCUT2D eigenvalue weighted by atomic mass is 16.6. The van der Waals surface area contributed by atoms with Crippen molar-refractivity contribution in [2.24, 2.45) is 11.3 Å². The van der Waals surface area contributed by atoms with Crippen LogP contribution in [0.1, 0.15) is 65.4 Å². The average molecular weight is 491 g/mol. The highest BCUT2D eigenvalue weighted by molar-refractivity contribution is 5.90. The number of aliphatic hydroxyl groups excluding tert-OH is 1. The number of ether oxygens (including phenoxy) is 1. The van der Waals surface area contributed by atoms with Gasteiger partial charge >= 0.3 is 5.97 Å². The third-order valence-electron chi connectivity index (χ3n) is 8.20. The molecule has 4 N–H and O–H groups in total. The zero-order chi connectivity index (χ0) is 26.0. The minimum Gasteiger partial charge on any atom is -0.504 e. The first-order chi connectivity index (χ1) is 16.4. The number of likely N-dealkylation sites (tertiary alicyclic amines) is 1. The normalized spacial score (nSPS) is 26.4. The molecule has 0 bridgehead atoms. The Morgan fingerprint density at radius 1 is 1.17 bits per heavy atom. The van der Waals surface area contributed by atoms with E-state index in [4.69, 9.17) is 4.74 Å². The van der Waals surface area contributed by atoms with Gasteiger partial charge in [0.2, 0.25) is 11.8 Å². The van der Waals surface area contributed by atoms with E-state index in [1.165, 1.54) is 23.1 Å². The zero-order valence-corrected chi connectivity index (χ0v) is 21.0. The quantitative estimate of drug-likeness (QED) is 0.324. The third-order valence-corrected chi connectivity index (χ3v) is 8.20. The molecule has 2 aliphatic rings. The monoisotopic (exact) mass is 490 g/mol. The van der Waals surface area contributed by atoms with E-state index in [-0.39, 0.29) is 29.9 Å². The maximum Gasteiger partial charge on any atom is 0.329 e. The van der Waals surface area contributed by atoms with Crippen molar-refractivity contribution < 1.29 is 34.4 Å². The summed E-state index contributed by atoms with van der Waals surface area (Å²) in [6.07, 6.45) is 2.45. The molecule has 1 aromatic carbocycles. The molecule has 2 fully saturated rings. The number of nitrogens with one attached hydrogen (secondary N) is 1. The van der Waals surface area contributed by atoms with Crippen LogP contribution < -0.4 is 5.32 Å². The molecule has 2 amide bonds. The first kappa shape index (κ1) is 26.8. The van der Waals surface area contributed by atoms with E-state index in [9.17, 15) is 29.7 Å². The van der Waals surface area contributed by atoms with Gasteiger partial charge in [0.15, 0.2) is 11.5 Å². The Kier molecular flexibility index (Phi) is 7.99. The number of esters is 1. The van der Waals surface area contributed by atoms with Gasteiger partial charge in [-0.2, -0.15) is 0 Å². The van der Waals surface area contributed by atoms with Crippen LogP contribution in [0.25, 0.3) is 0 Å².